The molecule has 2 rings (SSSR count). The smallest absolute Gasteiger partial charge is 0.273 e. The highest BCUT2D eigenvalue weighted by Crippen LogP contribution is 2.32. The molecule has 0 atom stereocenters. The predicted octanol–water partition coefficient (Wildman–Crippen LogP) is 2.21. The minimum Gasteiger partial charge on any atom is -0.273 e. The van der Waals surface area contributed by atoms with Gasteiger partial charge in [0.1, 0.15) is 5.69 Å². The highest BCUT2D eigenvalue weighted by molar-refractivity contribution is 7.92. The Morgan fingerprint density at radius 2 is 1.40 bits per heavy atom. The Kier molecular flexibility index (Phi) is 4.60. The number of nitro groups is 3. The van der Waals surface area contributed by atoms with Crippen molar-refractivity contribution in [1.82, 2.24) is 0 Å². The summed E-state index contributed by atoms with van der Waals surface area (Å²) in [6.45, 7) is 0. The first kappa shape index (κ1) is 17.7. The van der Waals surface area contributed by atoms with E-state index >= 15 is 0 Å². The molecule has 0 radical (unpaired) electrons. The standard InChI is InChI=1S/C12H8N4O8S/c17-14(18)8-5-6-9(11(7-8)16(21)22)13-25(23,24)12-4-2-1-3-10(12)15(19)20/h1-7,13H. The van der Waals surface area contributed by atoms with Crippen LogP contribution in [0.4, 0.5) is 22.7 Å². The third-order valence-electron chi connectivity index (χ3n) is 2.98. The minimum atomic E-state index is -4.54. The molecule has 0 bridgehead atoms. The number of sulfonamides is 1. The number of non-ortho nitro benzene ring substituents is 1. The Labute approximate surface area is 139 Å². The van der Waals surface area contributed by atoms with E-state index in [0.29, 0.717) is 6.07 Å². The summed E-state index contributed by atoms with van der Waals surface area (Å²) in [5, 5.41) is 32.7. The van der Waals surface area contributed by atoms with E-state index in [-0.39, 0.29) is 0 Å². The maximum atomic E-state index is 12.3. The Morgan fingerprint density at radius 3 is 1.96 bits per heavy atom. The maximum absolute atomic E-state index is 12.3. The molecule has 13 heteroatoms. The fourth-order valence-corrected chi connectivity index (χ4v) is 3.15. The predicted molar refractivity (Wildman–Crippen MR) is 83.7 cm³/mol. The summed E-state index contributed by atoms with van der Waals surface area (Å²) >= 11 is 0. The Morgan fingerprint density at radius 1 is 0.800 bits per heavy atom. The number of hydrogen-bond donors (Lipinski definition) is 1. The molecule has 0 aliphatic carbocycles. The lowest BCUT2D eigenvalue weighted by Gasteiger charge is -2.08. The van der Waals surface area contributed by atoms with Gasteiger partial charge in [0, 0.05) is 12.1 Å². The van der Waals surface area contributed by atoms with Crippen molar-refractivity contribution < 1.29 is 23.2 Å². The van der Waals surface area contributed by atoms with Gasteiger partial charge in [-0.2, -0.15) is 0 Å². The number of para-hydroxylation sites is 1. The lowest BCUT2D eigenvalue weighted by atomic mass is 10.2. The summed E-state index contributed by atoms with van der Waals surface area (Å²) in [4.78, 5) is 29.2. The van der Waals surface area contributed by atoms with Crippen molar-refractivity contribution >= 4 is 32.8 Å². The van der Waals surface area contributed by atoms with Gasteiger partial charge in [0.05, 0.1) is 20.8 Å². The second-order valence-electron chi connectivity index (χ2n) is 4.55. The molecule has 0 aliphatic heterocycles. The van der Waals surface area contributed by atoms with E-state index < -0.39 is 52.4 Å². The van der Waals surface area contributed by atoms with Gasteiger partial charge in [-0.25, -0.2) is 8.42 Å². The molecule has 2 aromatic carbocycles. The van der Waals surface area contributed by atoms with Crippen LogP contribution in [-0.2, 0) is 10.0 Å². The molecule has 0 heterocycles. The normalized spacial score (nSPS) is 10.9. The van der Waals surface area contributed by atoms with Gasteiger partial charge in [0.2, 0.25) is 0 Å². The number of nitrogens with zero attached hydrogens (tertiary/aromatic N) is 3. The van der Waals surface area contributed by atoms with Crippen LogP contribution in [-0.4, -0.2) is 23.2 Å². The lowest BCUT2D eigenvalue weighted by Crippen LogP contribution is -2.15. The molecule has 0 aliphatic rings. The van der Waals surface area contributed by atoms with Crippen LogP contribution in [0.1, 0.15) is 0 Å². The Bertz CT molecular complexity index is 988. The molecule has 0 saturated heterocycles. The van der Waals surface area contributed by atoms with Crippen molar-refractivity contribution in [2.24, 2.45) is 0 Å². The Hall–Kier alpha value is -3.61. The van der Waals surface area contributed by atoms with Crippen molar-refractivity contribution in [2.45, 2.75) is 4.90 Å². The van der Waals surface area contributed by atoms with Crippen molar-refractivity contribution in [3.05, 3.63) is 72.8 Å². The van der Waals surface area contributed by atoms with Gasteiger partial charge < -0.3 is 0 Å². The monoisotopic (exact) mass is 368 g/mol. The first-order valence-corrected chi connectivity index (χ1v) is 7.81. The first-order chi connectivity index (χ1) is 11.6. The molecular formula is C12H8N4O8S. The van der Waals surface area contributed by atoms with Gasteiger partial charge >= 0.3 is 0 Å². The second kappa shape index (κ2) is 6.48. The fraction of sp³-hybridized carbons (Fsp3) is 0. The molecule has 0 spiro atoms. The van der Waals surface area contributed by atoms with E-state index in [2.05, 4.69) is 0 Å². The molecule has 2 aromatic rings. The van der Waals surface area contributed by atoms with Gasteiger partial charge in [-0.1, -0.05) is 12.1 Å². The Balaban J connectivity index is 2.54. The van der Waals surface area contributed by atoms with Gasteiger partial charge in [0.25, 0.3) is 27.1 Å². The topological polar surface area (TPSA) is 176 Å². The summed E-state index contributed by atoms with van der Waals surface area (Å²) in [7, 11) is -4.54. The molecule has 0 aromatic heterocycles. The number of anilines is 1. The zero-order valence-electron chi connectivity index (χ0n) is 12.1. The van der Waals surface area contributed by atoms with E-state index in [0.717, 1.165) is 24.3 Å². The molecule has 0 unspecified atom stereocenters. The maximum Gasteiger partial charge on any atom is 0.300 e. The number of hydrogen-bond acceptors (Lipinski definition) is 8. The summed E-state index contributed by atoms with van der Waals surface area (Å²) in [5.74, 6) is 0. The van der Waals surface area contributed by atoms with E-state index in [1.165, 1.54) is 12.1 Å². The van der Waals surface area contributed by atoms with E-state index in [9.17, 15) is 38.8 Å². The second-order valence-corrected chi connectivity index (χ2v) is 6.20. The van der Waals surface area contributed by atoms with Crippen LogP contribution in [0.15, 0.2) is 47.4 Å². The van der Waals surface area contributed by atoms with Gasteiger partial charge in [0.15, 0.2) is 4.90 Å². The van der Waals surface area contributed by atoms with Crippen molar-refractivity contribution in [3.63, 3.8) is 0 Å². The average molecular weight is 368 g/mol. The SMILES string of the molecule is O=[N+]([O-])c1ccc(NS(=O)(=O)c2ccccc2[N+](=O)[O-])c([N+](=O)[O-])c1. The van der Waals surface area contributed by atoms with Gasteiger partial charge in [-0.15, -0.1) is 0 Å². The van der Waals surface area contributed by atoms with Crippen LogP contribution < -0.4 is 4.72 Å². The quantitative estimate of drug-likeness (QED) is 0.596. The molecule has 25 heavy (non-hydrogen) atoms. The van der Waals surface area contributed by atoms with Crippen LogP contribution in [0.2, 0.25) is 0 Å². The van der Waals surface area contributed by atoms with Gasteiger partial charge in [-0.3, -0.25) is 35.1 Å². The molecule has 130 valence electrons. The van der Waals surface area contributed by atoms with Crippen molar-refractivity contribution in [1.29, 1.82) is 0 Å². The van der Waals surface area contributed by atoms with E-state index in [4.69, 9.17) is 0 Å². The summed E-state index contributed by atoms with van der Waals surface area (Å²) in [5.41, 5.74) is -2.76. The van der Waals surface area contributed by atoms with E-state index in [1.54, 1.807) is 0 Å². The van der Waals surface area contributed by atoms with Gasteiger partial charge in [-0.05, 0) is 12.1 Å². The largest absolute Gasteiger partial charge is 0.300 e. The average Bonchev–Trinajstić information content (AvgIpc) is 2.54. The van der Waals surface area contributed by atoms with E-state index in [1.807, 2.05) is 4.72 Å². The number of rotatable bonds is 6. The summed E-state index contributed by atoms with van der Waals surface area (Å²) in [6.07, 6.45) is 0. The fourth-order valence-electron chi connectivity index (χ4n) is 1.91. The molecule has 0 fully saturated rings. The molecule has 0 amide bonds. The highest BCUT2D eigenvalue weighted by atomic mass is 32.2. The first-order valence-electron chi connectivity index (χ1n) is 6.32. The minimum absolute atomic E-state index is 0.561. The zero-order valence-corrected chi connectivity index (χ0v) is 12.9. The number of benzene rings is 2. The molecule has 12 nitrogen and oxygen atoms in total. The van der Waals surface area contributed by atoms with Crippen LogP contribution in [0.3, 0.4) is 0 Å². The third-order valence-corrected chi connectivity index (χ3v) is 4.40. The summed E-state index contributed by atoms with van der Waals surface area (Å²) < 4.78 is 26.5. The van der Waals surface area contributed by atoms with Crippen LogP contribution >= 0.6 is 0 Å². The van der Waals surface area contributed by atoms with Crippen molar-refractivity contribution in [2.75, 3.05) is 4.72 Å². The van der Waals surface area contributed by atoms with Crippen LogP contribution in [0.25, 0.3) is 0 Å². The third kappa shape index (κ3) is 3.66. The molecular weight excluding hydrogens is 360 g/mol. The zero-order chi connectivity index (χ0) is 18.8. The van der Waals surface area contributed by atoms with Crippen LogP contribution in [0.5, 0.6) is 0 Å². The van der Waals surface area contributed by atoms with Crippen LogP contribution in [0, 0.1) is 30.3 Å². The number of nitrogens with one attached hydrogen (secondary N) is 1. The highest BCUT2D eigenvalue weighted by Gasteiger charge is 2.28. The summed E-state index contributed by atoms with van der Waals surface area (Å²) in [6, 6.07) is 6.69. The van der Waals surface area contributed by atoms with Crippen molar-refractivity contribution in [3.8, 4) is 0 Å². The number of nitro benzene ring substituents is 3. The lowest BCUT2D eigenvalue weighted by molar-refractivity contribution is -0.393. The molecule has 1 N–H and O–H groups in total. The molecule has 0 saturated carbocycles.